The number of hydrogen-bond donors (Lipinski definition) is 2. The maximum Gasteiger partial charge on any atom is 1.00 e. The fourth-order valence-corrected chi connectivity index (χ4v) is 2.29. The van der Waals surface area contributed by atoms with Crippen LogP contribution in [0.1, 0.15) is 13.3 Å². The Morgan fingerprint density at radius 2 is 2.15 bits per heavy atom. The van der Waals surface area contributed by atoms with E-state index in [0.717, 1.165) is 0 Å². The number of piperidine rings is 1. The Kier molecular flexibility index (Phi) is 4.86. The minimum absolute atomic E-state index is 0. The van der Waals surface area contributed by atoms with Crippen molar-refractivity contribution in [2.75, 3.05) is 13.1 Å². The van der Waals surface area contributed by atoms with Crippen molar-refractivity contribution < 1.29 is 47.6 Å². The van der Waals surface area contributed by atoms with E-state index in [9.17, 15) is 18.1 Å². The number of nitrogens with one attached hydrogen (secondary N) is 1. The first kappa shape index (κ1) is 13.8. The summed E-state index contributed by atoms with van der Waals surface area (Å²) in [5.41, 5.74) is 0. The maximum absolute atomic E-state index is 10.7. The van der Waals surface area contributed by atoms with Gasteiger partial charge in [-0.3, -0.25) is 0 Å². The van der Waals surface area contributed by atoms with E-state index in [1.165, 1.54) is 0 Å². The number of aliphatic hydroxyl groups is 1. The normalized spacial score (nSPS) is 35.2. The van der Waals surface area contributed by atoms with Gasteiger partial charge in [-0.15, -0.1) is 0 Å². The van der Waals surface area contributed by atoms with Crippen LogP contribution in [0, 0.1) is 5.92 Å². The summed E-state index contributed by atoms with van der Waals surface area (Å²) in [4.78, 5) is -2.07. The van der Waals surface area contributed by atoms with Crippen LogP contribution >= 0.6 is 0 Å². The average Bonchev–Trinajstić information content (AvgIpc) is 1.93. The topological polar surface area (TPSA) is 89.5 Å². The predicted molar refractivity (Wildman–Crippen MR) is 41.3 cm³/mol. The first-order valence-electron chi connectivity index (χ1n) is 3.76. The number of hydrogen-bond acceptors (Lipinski definition) is 5. The van der Waals surface area contributed by atoms with Crippen LogP contribution in [0.2, 0.25) is 0 Å². The molecule has 2 N–H and O–H groups in total. The standard InChI is InChI=1S/C6H13NO4S.Na/c1-5-4-7-3-2-6(5,8)12(9,10)11;/h5,7-8H,2-4H2,1H3,(H,9,10,11);/q;+1/p-1. The first-order chi connectivity index (χ1) is 5.38. The van der Waals surface area contributed by atoms with Gasteiger partial charge in [-0.25, -0.2) is 8.42 Å². The van der Waals surface area contributed by atoms with Crippen LogP contribution in [0.3, 0.4) is 0 Å². The van der Waals surface area contributed by atoms with E-state index in [0.29, 0.717) is 13.1 Å². The Morgan fingerprint density at radius 1 is 1.62 bits per heavy atom. The van der Waals surface area contributed by atoms with Crippen molar-refractivity contribution in [2.45, 2.75) is 18.3 Å². The van der Waals surface area contributed by atoms with Gasteiger partial charge in [-0.05, 0) is 6.54 Å². The van der Waals surface area contributed by atoms with E-state index in [4.69, 9.17) is 0 Å². The minimum atomic E-state index is -4.61. The quantitative estimate of drug-likeness (QED) is 0.344. The molecule has 5 nitrogen and oxygen atoms in total. The van der Waals surface area contributed by atoms with Crippen molar-refractivity contribution in [1.82, 2.24) is 5.32 Å². The van der Waals surface area contributed by atoms with Crippen molar-refractivity contribution in [3.8, 4) is 0 Å². The van der Waals surface area contributed by atoms with E-state index in [1.54, 1.807) is 6.92 Å². The molecule has 0 aromatic carbocycles. The van der Waals surface area contributed by atoms with Gasteiger partial charge in [0.25, 0.3) is 0 Å². The van der Waals surface area contributed by atoms with Gasteiger partial charge < -0.3 is 15.0 Å². The van der Waals surface area contributed by atoms with Crippen molar-refractivity contribution in [1.29, 1.82) is 0 Å². The van der Waals surface area contributed by atoms with Crippen LogP contribution in [0.4, 0.5) is 0 Å². The molecule has 1 rings (SSSR count). The summed E-state index contributed by atoms with van der Waals surface area (Å²) in [6.45, 7) is 2.27. The molecule has 1 aliphatic heterocycles. The Morgan fingerprint density at radius 3 is 2.46 bits per heavy atom. The Balaban J connectivity index is 0.00000144. The molecule has 0 aromatic rings. The Hall–Kier alpha value is 0.830. The average molecular weight is 217 g/mol. The molecule has 13 heavy (non-hydrogen) atoms. The molecule has 0 aliphatic carbocycles. The summed E-state index contributed by atoms with van der Waals surface area (Å²) in [6, 6.07) is 0. The third-order valence-electron chi connectivity index (χ3n) is 2.31. The molecule has 2 atom stereocenters. The zero-order valence-electron chi connectivity index (χ0n) is 7.78. The smallest absolute Gasteiger partial charge is 0.746 e. The van der Waals surface area contributed by atoms with Crippen LogP contribution in [0.15, 0.2) is 0 Å². The SMILES string of the molecule is CC1CNCCC1(O)S(=O)(=O)[O-].[Na+]. The third-order valence-corrected chi connectivity index (χ3v) is 3.79. The molecule has 7 heteroatoms. The fraction of sp³-hybridized carbons (Fsp3) is 1.00. The first-order valence-corrected chi connectivity index (χ1v) is 5.17. The van der Waals surface area contributed by atoms with Gasteiger partial charge in [-0.2, -0.15) is 0 Å². The van der Waals surface area contributed by atoms with E-state index in [1.807, 2.05) is 0 Å². The van der Waals surface area contributed by atoms with Crippen LogP contribution in [0.5, 0.6) is 0 Å². The van der Waals surface area contributed by atoms with Gasteiger partial charge >= 0.3 is 29.6 Å². The van der Waals surface area contributed by atoms with Crippen molar-refractivity contribution >= 4 is 10.1 Å². The molecule has 1 aliphatic rings. The van der Waals surface area contributed by atoms with E-state index < -0.39 is 21.0 Å². The molecule has 0 saturated carbocycles. The molecular weight excluding hydrogens is 205 g/mol. The van der Waals surface area contributed by atoms with Gasteiger partial charge in [0.1, 0.15) is 10.1 Å². The van der Waals surface area contributed by atoms with Crippen molar-refractivity contribution in [3.63, 3.8) is 0 Å². The van der Waals surface area contributed by atoms with Crippen molar-refractivity contribution in [2.24, 2.45) is 5.92 Å². The molecule has 1 fully saturated rings. The van der Waals surface area contributed by atoms with Gasteiger partial charge in [0.2, 0.25) is 0 Å². The third kappa shape index (κ3) is 2.65. The van der Waals surface area contributed by atoms with Crippen LogP contribution in [-0.2, 0) is 10.1 Å². The predicted octanol–water partition coefficient (Wildman–Crippen LogP) is -4.15. The fourth-order valence-electron chi connectivity index (χ4n) is 1.36. The monoisotopic (exact) mass is 217 g/mol. The summed E-state index contributed by atoms with van der Waals surface area (Å²) in [6.07, 6.45) is -0.0278. The summed E-state index contributed by atoms with van der Waals surface area (Å²) in [5, 5.41) is 12.4. The Bertz CT molecular complexity index is 268. The molecule has 0 aromatic heterocycles. The van der Waals surface area contributed by atoms with E-state index in [2.05, 4.69) is 5.32 Å². The van der Waals surface area contributed by atoms with Crippen LogP contribution in [0.25, 0.3) is 0 Å². The second-order valence-corrected chi connectivity index (χ2v) is 4.77. The minimum Gasteiger partial charge on any atom is -0.746 e. The molecule has 1 heterocycles. The molecule has 2 unspecified atom stereocenters. The summed E-state index contributed by atoms with van der Waals surface area (Å²) < 4.78 is 32.1. The maximum atomic E-state index is 10.7. The summed E-state index contributed by atoms with van der Waals surface area (Å²) >= 11 is 0. The van der Waals surface area contributed by atoms with Gasteiger partial charge in [-0.1, -0.05) is 6.92 Å². The van der Waals surface area contributed by atoms with Crippen molar-refractivity contribution in [3.05, 3.63) is 0 Å². The van der Waals surface area contributed by atoms with Crippen LogP contribution < -0.4 is 34.9 Å². The molecular formula is C6H12NNaO4S. The van der Waals surface area contributed by atoms with E-state index in [-0.39, 0.29) is 36.0 Å². The molecule has 0 bridgehead atoms. The number of rotatable bonds is 1. The Labute approximate surface area is 99.9 Å². The zero-order chi connectivity index (χ0) is 9.41. The zero-order valence-corrected chi connectivity index (χ0v) is 10.6. The molecule has 0 radical (unpaired) electrons. The van der Waals surface area contributed by atoms with Gasteiger partial charge in [0.15, 0.2) is 4.93 Å². The molecule has 0 amide bonds. The van der Waals surface area contributed by atoms with Crippen LogP contribution in [-0.4, -0.2) is 36.1 Å². The second-order valence-electron chi connectivity index (χ2n) is 3.15. The molecule has 0 spiro atoms. The summed E-state index contributed by atoms with van der Waals surface area (Å²) in [7, 11) is -4.61. The largest absolute Gasteiger partial charge is 1.00 e. The summed E-state index contributed by atoms with van der Waals surface area (Å²) in [5.74, 6) is -0.547. The van der Waals surface area contributed by atoms with Gasteiger partial charge in [0, 0.05) is 18.9 Å². The second kappa shape index (κ2) is 4.57. The molecule has 72 valence electrons. The van der Waals surface area contributed by atoms with E-state index >= 15 is 0 Å². The molecule has 1 saturated heterocycles. The van der Waals surface area contributed by atoms with Gasteiger partial charge in [0.05, 0.1) is 0 Å².